The number of amides is 1. The Bertz CT molecular complexity index is 960. The zero-order chi connectivity index (χ0) is 27.7. The molecular weight excluding hydrogens is 502 g/mol. The van der Waals surface area contributed by atoms with Crippen molar-refractivity contribution >= 4 is 33.0 Å². The van der Waals surface area contributed by atoms with E-state index in [1.807, 2.05) is 63.4 Å². The molecule has 1 aliphatic heterocycles. The van der Waals surface area contributed by atoms with Gasteiger partial charge in [0.05, 0.1) is 17.9 Å². The van der Waals surface area contributed by atoms with Crippen molar-refractivity contribution in [1.82, 2.24) is 10.3 Å². The molecule has 0 unspecified atom stereocenters. The van der Waals surface area contributed by atoms with Crippen LogP contribution >= 0.6 is 21.4 Å². The van der Waals surface area contributed by atoms with Crippen molar-refractivity contribution in [3.8, 4) is 11.3 Å². The van der Waals surface area contributed by atoms with Crippen LogP contribution in [0.2, 0.25) is 0 Å². The van der Waals surface area contributed by atoms with Crippen LogP contribution in [-0.4, -0.2) is 80.6 Å². The van der Waals surface area contributed by atoms with Gasteiger partial charge in [0.1, 0.15) is 10.7 Å². The molecule has 1 saturated heterocycles. The van der Waals surface area contributed by atoms with E-state index in [0.29, 0.717) is 24.5 Å². The fraction of sp³-hybridized carbons (Fsp3) is 0.552. The minimum atomic E-state index is -0.321. The number of hydrogen-bond donors (Lipinski definition) is 1. The third-order valence-electron chi connectivity index (χ3n) is 5.39. The first kappa shape index (κ1) is 33.0. The number of thiazole rings is 1. The second-order valence-corrected chi connectivity index (χ2v) is 14.5. The number of hydrogen-bond acceptors (Lipinski definition) is 6. The van der Waals surface area contributed by atoms with Crippen molar-refractivity contribution in [2.75, 3.05) is 58.0 Å². The number of carbonyl (C=O) groups excluding carboxylic acids is 1. The number of ether oxygens (including phenoxy) is 2. The summed E-state index contributed by atoms with van der Waals surface area (Å²) in [6.45, 7) is 11.1. The van der Waals surface area contributed by atoms with Gasteiger partial charge in [-0.2, -0.15) is 0 Å². The van der Waals surface area contributed by atoms with Gasteiger partial charge < -0.3 is 14.8 Å². The van der Waals surface area contributed by atoms with Crippen LogP contribution in [0.15, 0.2) is 52.4 Å². The number of aromatic nitrogens is 1. The van der Waals surface area contributed by atoms with Crippen molar-refractivity contribution in [2.24, 2.45) is 4.99 Å². The van der Waals surface area contributed by atoms with Crippen LogP contribution in [0.5, 0.6) is 0 Å². The van der Waals surface area contributed by atoms with E-state index in [9.17, 15) is 4.79 Å². The van der Waals surface area contributed by atoms with Crippen LogP contribution in [-0.2, 0) is 14.3 Å². The molecule has 208 valence electrons. The van der Waals surface area contributed by atoms with Crippen molar-refractivity contribution in [3.05, 3.63) is 52.4 Å². The van der Waals surface area contributed by atoms with Crippen molar-refractivity contribution in [2.45, 2.75) is 46.6 Å². The molecule has 0 spiro atoms. The topological polar surface area (TPSA) is 72.8 Å². The first-order valence-corrected chi connectivity index (χ1v) is 17.0. The Balaban J connectivity index is 0.000000529. The van der Waals surface area contributed by atoms with E-state index in [-0.39, 0.29) is 22.0 Å². The highest BCUT2D eigenvalue weighted by molar-refractivity contribution is 8.32. The Morgan fingerprint density at radius 2 is 1.86 bits per heavy atom. The predicted molar refractivity (Wildman–Crippen MR) is 164 cm³/mol. The fourth-order valence-corrected chi connectivity index (χ4v) is 4.88. The number of carbonyl (C=O) groups is 1. The van der Waals surface area contributed by atoms with Gasteiger partial charge in [-0.15, -0.1) is 11.3 Å². The first-order chi connectivity index (χ1) is 17.8. The molecule has 0 atom stereocenters. The van der Waals surface area contributed by atoms with Gasteiger partial charge in [0, 0.05) is 49.6 Å². The number of aliphatic imine (C=N–C) groups is 1. The molecule has 0 saturated carbocycles. The summed E-state index contributed by atoms with van der Waals surface area (Å²) in [5.74, 6) is 1.14. The minimum absolute atomic E-state index is 0.100. The lowest BCUT2D eigenvalue weighted by atomic mass is 10.1. The molecule has 0 bridgehead atoms. The Morgan fingerprint density at radius 1 is 1.22 bits per heavy atom. The van der Waals surface area contributed by atoms with Crippen LogP contribution in [0.1, 0.15) is 45.5 Å². The van der Waals surface area contributed by atoms with Gasteiger partial charge in [0.25, 0.3) is 5.91 Å². The van der Waals surface area contributed by atoms with E-state index < -0.39 is 0 Å². The van der Waals surface area contributed by atoms with Gasteiger partial charge in [-0.3, -0.25) is 9.79 Å². The standard InChI is InChI=1S/C20H23N3O2S.C7H18OS.C2H6/c1-3-16(19(24)22-15-9-11-25-12-10-15)18(21-2)20-23-17(13-26-20)14-7-5-4-6-8-14;1-5-8-6-7-9(2,3)4;1-2/h3-8,13,15H,9-12H2,1-2H3,(H,22,24);5-7H2,1-4H3;1-2H3/b16-3+,21-18?;;. The molecule has 1 aromatic carbocycles. The van der Waals surface area contributed by atoms with Crippen LogP contribution in [0.25, 0.3) is 11.3 Å². The highest BCUT2D eigenvalue weighted by Crippen LogP contribution is 2.33. The molecule has 1 fully saturated rings. The van der Waals surface area contributed by atoms with E-state index in [1.54, 1.807) is 13.1 Å². The molecule has 1 N–H and O–H groups in total. The molecule has 1 aliphatic rings. The smallest absolute Gasteiger partial charge is 0.253 e. The van der Waals surface area contributed by atoms with Crippen LogP contribution in [0.3, 0.4) is 0 Å². The third kappa shape index (κ3) is 12.4. The first-order valence-electron chi connectivity index (χ1n) is 13.1. The van der Waals surface area contributed by atoms with Gasteiger partial charge in [-0.25, -0.2) is 15.0 Å². The Kier molecular flexibility index (Phi) is 16.3. The van der Waals surface area contributed by atoms with Gasteiger partial charge in [-0.05, 0) is 45.5 Å². The average molecular weight is 550 g/mol. The molecule has 1 aromatic heterocycles. The van der Waals surface area contributed by atoms with E-state index in [1.165, 1.54) is 17.1 Å². The zero-order valence-electron chi connectivity index (χ0n) is 24.0. The highest BCUT2D eigenvalue weighted by atomic mass is 32.3. The molecule has 3 rings (SSSR count). The normalized spacial score (nSPS) is 15.1. The number of allylic oxidation sites excluding steroid dienone is 1. The van der Waals surface area contributed by atoms with E-state index >= 15 is 0 Å². The van der Waals surface area contributed by atoms with Gasteiger partial charge in [-0.1, -0.05) is 50.3 Å². The van der Waals surface area contributed by atoms with Crippen LogP contribution in [0, 0.1) is 0 Å². The van der Waals surface area contributed by atoms with Crippen molar-refractivity contribution in [1.29, 1.82) is 0 Å². The maximum atomic E-state index is 12.8. The van der Waals surface area contributed by atoms with E-state index in [0.717, 1.165) is 42.3 Å². The number of nitrogens with zero attached hydrogens (tertiary/aromatic N) is 2. The molecule has 1 amide bonds. The molecule has 2 heterocycles. The summed E-state index contributed by atoms with van der Waals surface area (Å²) < 4.78 is 10.6. The SMILES string of the molecule is C/C=C(/C(=O)NC1CCOCC1)C(=NC)c1nc(-c2ccccc2)cs1.CC.CCOCCS(C)(C)C. The summed E-state index contributed by atoms with van der Waals surface area (Å²) >= 11 is 1.50. The number of benzene rings is 1. The summed E-state index contributed by atoms with van der Waals surface area (Å²) in [6.07, 6.45) is 10.4. The predicted octanol–water partition coefficient (Wildman–Crippen LogP) is 6.21. The molecule has 0 aliphatic carbocycles. The van der Waals surface area contributed by atoms with Gasteiger partial charge in [0.15, 0.2) is 0 Å². The summed E-state index contributed by atoms with van der Waals surface area (Å²) in [6, 6.07) is 10.2. The molecule has 2 aromatic rings. The molecular formula is C29H47N3O3S2. The summed E-state index contributed by atoms with van der Waals surface area (Å²) in [7, 11) is 1.38. The van der Waals surface area contributed by atoms with Crippen LogP contribution < -0.4 is 5.32 Å². The third-order valence-corrected chi connectivity index (χ3v) is 7.63. The lowest BCUT2D eigenvalue weighted by molar-refractivity contribution is -0.118. The molecule has 37 heavy (non-hydrogen) atoms. The number of rotatable bonds is 9. The van der Waals surface area contributed by atoms with Crippen LogP contribution in [0.4, 0.5) is 0 Å². The Morgan fingerprint density at radius 3 is 2.41 bits per heavy atom. The molecule has 6 nitrogen and oxygen atoms in total. The van der Waals surface area contributed by atoms with E-state index in [4.69, 9.17) is 14.5 Å². The minimum Gasteiger partial charge on any atom is -0.381 e. The molecule has 0 radical (unpaired) electrons. The maximum absolute atomic E-state index is 12.8. The zero-order valence-corrected chi connectivity index (χ0v) is 25.6. The monoisotopic (exact) mass is 549 g/mol. The fourth-order valence-electron chi connectivity index (χ4n) is 3.39. The Labute approximate surface area is 230 Å². The summed E-state index contributed by atoms with van der Waals surface area (Å²) in [5, 5.41) is 5.85. The van der Waals surface area contributed by atoms with Gasteiger partial charge in [0.2, 0.25) is 0 Å². The van der Waals surface area contributed by atoms with Crippen molar-refractivity contribution in [3.63, 3.8) is 0 Å². The number of nitrogens with one attached hydrogen (secondary N) is 1. The second kappa shape index (κ2) is 18.3. The lowest BCUT2D eigenvalue weighted by Crippen LogP contribution is -2.40. The van der Waals surface area contributed by atoms with Crippen molar-refractivity contribution < 1.29 is 14.3 Å². The molecule has 8 heteroatoms. The maximum Gasteiger partial charge on any atom is 0.253 e. The highest BCUT2D eigenvalue weighted by Gasteiger charge is 2.23. The summed E-state index contributed by atoms with van der Waals surface area (Å²) in [4.78, 5) is 21.8. The quantitative estimate of drug-likeness (QED) is 0.229. The van der Waals surface area contributed by atoms with E-state index in [2.05, 4.69) is 29.1 Å². The Hall–Kier alpha value is -2.00. The van der Waals surface area contributed by atoms with Gasteiger partial charge >= 0.3 is 0 Å². The second-order valence-electron chi connectivity index (χ2n) is 9.03. The summed E-state index contributed by atoms with van der Waals surface area (Å²) in [5.41, 5.74) is 3.14. The average Bonchev–Trinajstić information content (AvgIpc) is 3.39. The lowest BCUT2D eigenvalue weighted by Gasteiger charge is -2.24. The largest absolute Gasteiger partial charge is 0.381 e.